The second-order valence-electron chi connectivity index (χ2n) is 5.42. The Bertz CT molecular complexity index is 428. The van der Waals surface area contributed by atoms with Gasteiger partial charge in [0.1, 0.15) is 0 Å². The number of nitrogens with one attached hydrogen (secondary N) is 1. The van der Waals surface area contributed by atoms with Crippen molar-refractivity contribution in [2.24, 2.45) is 5.92 Å². The lowest BCUT2D eigenvalue weighted by molar-refractivity contribution is -0.385. The highest BCUT2D eigenvalue weighted by atomic mass is 16.6. The van der Waals surface area contributed by atoms with Crippen LogP contribution in [0.5, 0.6) is 0 Å². The number of nitrogens with zero attached hydrogens (tertiary/aromatic N) is 1. The van der Waals surface area contributed by atoms with E-state index in [1.807, 2.05) is 12.1 Å². The molecule has 0 aromatic heterocycles. The van der Waals surface area contributed by atoms with Crippen molar-refractivity contribution in [2.45, 2.75) is 45.1 Å². The van der Waals surface area contributed by atoms with Gasteiger partial charge >= 0.3 is 0 Å². The lowest BCUT2D eigenvalue weighted by Crippen LogP contribution is -2.33. The van der Waals surface area contributed by atoms with Crippen LogP contribution in [-0.4, -0.2) is 17.5 Å². The second-order valence-corrected chi connectivity index (χ2v) is 5.42. The molecule has 1 aromatic rings. The fourth-order valence-electron chi connectivity index (χ4n) is 2.96. The third-order valence-corrected chi connectivity index (χ3v) is 4.16. The van der Waals surface area contributed by atoms with Crippen molar-refractivity contribution >= 4 is 5.69 Å². The van der Waals surface area contributed by atoms with Crippen LogP contribution in [0.4, 0.5) is 5.69 Å². The molecule has 1 aliphatic rings. The maximum absolute atomic E-state index is 10.9. The van der Waals surface area contributed by atoms with E-state index in [1.54, 1.807) is 12.1 Å². The van der Waals surface area contributed by atoms with Gasteiger partial charge in [-0.1, -0.05) is 31.0 Å². The summed E-state index contributed by atoms with van der Waals surface area (Å²) in [5.74, 6) is 0.783. The summed E-state index contributed by atoms with van der Waals surface area (Å²) in [5.41, 5.74) is 1.05. The Balaban J connectivity index is 1.83. The number of rotatable bonds is 6. The first-order chi connectivity index (χ1) is 9.18. The molecule has 1 saturated carbocycles. The number of hydrogen-bond acceptors (Lipinski definition) is 3. The molecule has 0 aliphatic heterocycles. The lowest BCUT2D eigenvalue weighted by atomic mass is 9.99. The minimum Gasteiger partial charge on any atom is -0.314 e. The van der Waals surface area contributed by atoms with Crippen LogP contribution in [0.15, 0.2) is 24.3 Å². The average molecular weight is 262 g/mol. The average Bonchev–Trinajstić information content (AvgIpc) is 2.93. The third kappa shape index (κ3) is 3.77. The van der Waals surface area contributed by atoms with Crippen molar-refractivity contribution in [1.82, 2.24) is 5.32 Å². The van der Waals surface area contributed by atoms with Gasteiger partial charge in [-0.2, -0.15) is 0 Å². The maximum atomic E-state index is 10.9. The van der Waals surface area contributed by atoms with Crippen molar-refractivity contribution in [1.29, 1.82) is 0 Å². The topological polar surface area (TPSA) is 55.2 Å². The summed E-state index contributed by atoms with van der Waals surface area (Å²) in [6.45, 7) is 3.04. The van der Waals surface area contributed by atoms with Crippen LogP contribution in [0.1, 0.15) is 38.2 Å². The molecule has 0 spiro atoms. The Hall–Kier alpha value is -1.42. The molecule has 1 aromatic carbocycles. The van der Waals surface area contributed by atoms with Gasteiger partial charge in [-0.15, -0.1) is 0 Å². The van der Waals surface area contributed by atoms with Crippen LogP contribution in [0.25, 0.3) is 0 Å². The van der Waals surface area contributed by atoms with Gasteiger partial charge in [0.05, 0.1) is 4.92 Å². The van der Waals surface area contributed by atoms with Crippen molar-refractivity contribution in [3.05, 3.63) is 39.9 Å². The zero-order chi connectivity index (χ0) is 13.7. The Kier molecular flexibility index (Phi) is 4.91. The van der Waals surface area contributed by atoms with Crippen molar-refractivity contribution in [3.63, 3.8) is 0 Å². The van der Waals surface area contributed by atoms with Crippen LogP contribution < -0.4 is 5.32 Å². The molecule has 0 radical (unpaired) electrons. The van der Waals surface area contributed by atoms with E-state index in [-0.39, 0.29) is 10.6 Å². The maximum Gasteiger partial charge on any atom is 0.272 e. The molecule has 1 N–H and O–H groups in total. The van der Waals surface area contributed by atoms with Gasteiger partial charge in [0.15, 0.2) is 0 Å². The van der Waals surface area contributed by atoms with Gasteiger partial charge < -0.3 is 5.32 Å². The Morgan fingerprint density at radius 3 is 2.74 bits per heavy atom. The van der Waals surface area contributed by atoms with E-state index in [1.165, 1.54) is 25.7 Å². The molecule has 0 bridgehead atoms. The Labute approximate surface area is 114 Å². The van der Waals surface area contributed by atoms with E-state index in [2.05, 4.69) is 12.2 Å². The van der Waals surface area contributed by atoms with Crippen molar-refractivity contribution < 1.29 is 4.92 Å². The largest absolute Gasteiger partial charge is 0.314 e. The molecular weight excluding hydrogens is 240 g/mol. The molecule has 104 valence electrons. The predicted molar refractivity (Wildman–Crippen MR) is 76.2 cm³/mol. The summed E-state index contributed by atoms with van der Waals surface area (Å²) >= 11 is 0. The van der Waals surface area contributed by atoms with Gasteiger partial charge in [0.2, 0.25) is 0 Å². The summed E-state index contributed by atoms with van der Waals surface area (Å²) < 4.78 is 0. The van der Waals surface area contributed by atoms with Gasteiger partial charge in [-0.3, -0.25) is 10.1 Å². The number of nitro benzene ring substituents is 1. The van der Waals surface area contributed by atoms with Crippen LogP contribution in [0, 0.1) is 16.0 Å². The third-order valence-electron chi connectivity index (χ3n) is 4.16. The van der Waals surface area contributed by atoms with E-state index in [9.17, 15) is 10.1 Å². The SMILES string of the molecule is C[C@@H](NCCc1ccccc1[N+](=O)[O-])C1CCCC1. The van der Waals surface area contributed by atoms with Gasteiger partial charge in [-0.25, -0.2) is 0 Å². The fraction of sp³-hybridized carbons (Fsp3) is 0.600. The number of para-hydroxylation sites is 1. The van der Waals surface area contributed by atoms with Crippen LogP contribution in [0.3, 0.4) is 0 Å². The van der Waals surface area contributed by atoms with E-state index >= 15 is 0 Å². The summed E-state index contributed by atoms with van der Waals surface area (Å²) in [6.07, 6.45) is 6.05. The molecule has 0 amide bonds. The normalized spacial score (nSPS) is 17.5. The second kappa shape index (κ2) is 6.66. The summed E-state index contributed by atoms with van der Waals surface area (Å²) in [7, 11) is 0. The standard InChI is InChI=1S/C15H22N2O2/c1-12(13-6-2-3-7-13)16-11-10-14-8-4-5-9-15(14)17(18)19/h4-5,8-9,12-13,16H,2-3,6-7,10-11H2,1H3/t12-/m1/s1. The van der Waals surface area contributed by atoms with Gasteiger partial charge in [-0.05, 0) is 38.6 Å². The molecule has 4 nitrogen and oxygen atoms in total. The first-order valence-electron chi connectivity index (χ1n) is 7.14. The molecule has 0 saturated heterocycles. The Morgan fingerprint density at radius 2 is 2.05 bits per heavy atom. The van der Waals surface area contributed by atoms with E-state index in [0.717, 1.165) is 18.0 Å². The van der Waals surface area contributed by atoms with E-state index in [4.69, 9.17) is 0 Å². The summed E-state index contributed by atoms with van der Waals surface area (Å²) in [6, 6.07) is 7.53. The summed E-state index contributed by atoms with van der Waals surface area (Å²) in [5, 5.41) is 14.4. The number of benzene rings is 1. The highest BCUT2D eigenvalue weighted by molar-refractivity contribution is 5.39. The molecule has 0 unspecified atom stereocenters. The summed E-state index contributed by atoms with van der Waals surface area (Å²) in [4.78, 5) is 10.6. The van der Waals surface area contributed by atoms with Crippen molar-refractivity contribution in [2.75, 3.05) is 6.54 Å². The minimum absolute atomic E-state index is 0.234. The highest BCUT2D eigenvalue weighted by Crippen LogP contribution is 2.27. The molecule has 0 heterocycles. The number of hydrogen-bond donors (Lipinski definition) is 1. The van der Waals surface area contributed by atoms with Crippen LogP contribution in [-0.2, 0) is 6.42 Å². The lowest BCUT2D eigenvalue weighted by Gasteiger charge is -2.20. The molecule has 1 fully saturated rings. The van der Waals surface area contributed by atoms with E-state index < -0.39 is 0 Å². The van der Waals surface area contributed by atoms with Crippen LogP contribution in [0.2, 0.25) is 0 Å². The molecule has 19 heavy (non-hydrogen) atoms. The zero-order valence-corrected chi connectivity index (χ0v) is 11.5. The highest BCUT2D eigenvalue weighted by Gasteiger charge is 2.21. The van der Waals surface area contributed by atoms with E-state index in [0.29, 0.717) is 12.5 Å². The Morgan fingerprint density at radius 1 is 1.37 bits per heavy atom. The van der Waals surface area contributed by atoms with Crippen molar-refractivity contribution in [3.8, 4) is 0 Å². The molecule has 1 aliphatic carbocycles. The monoisotopic (exact) mass is 262 g/mol. The molecule has 2 rings (SSSR count). The first kappa shape index (κ1) is 14.0. The number of nitro groups is 1. The van der Waals surface area contributed by atoms with Gasteiger partial charge in [0, 0.05) is 17.7 Å². The zero-order valence-electron chi connectivity index (χ0n) is 11.5. The quantitative estimate of drug-likeness (QED) is 0.632. The van der Waals surface area contributed by atoms with Crippen LogP contribution >= 0.6 is 0 Å². The van der Waals surface area contributed by atoms with Gasteiger partial charge in [0.25, 0.3) is 5.69 Å². The minimum atomic E-state index is -0.296. The first-order valence-corrected chi connectivity index (χ1v) is 7.14. The molecule has 4 heteroatoms. The smallest absolute Gasteiger partial charge is 0.272 e. The fourth-order valence-corrected chi connectivity index (χ4v) is 2.96. The predicted octanol–water partition coefficient (Wildman–Crippen LogP) is 3.31. The molecular formula is C15H22N2O2. The molecule has 1 atom stereocenters.